The Morgan fingerprint density at radius 1 is 0.739 bits per heavy atom. The Morgan fingerprint density at radius 3 is 1.39 bits per heavy atom. The topological polar surface area (TPSA) is 74.8 Å². The highest BCUT2D eigenvalue weighted by atomic mass is 16.6. The maximum absolute atomic E-state index is 9.37. The van der Waals surface area contributed by atoms with Gasteiger partial charge in [0.15, 0.2) is 0 Å². The maximum atomic E-state index is 9.37. The first kappa shape index (κ1) is 14.5. The summed E-state index contributed by atoms with van der Waals surface area (Å²) in [6, 6.07) is 14.0. The van der Waals surface area contributed by atoms with Crippen LogP contribution in [0, 0.1) is 0 Å². The van der Waals surface area contributed by atoms with Gasteiger partial charge in [0.25, 0.3) is 0 Å². The van der Waals surface area contributed by atoms with Crippen molar-refractivity contribution in [3.8, 4) is 11.5 Å². The van der Waals surface area contributed by atoms with E-state index < -0.39 is 11.2 Å². The first-order valence-electron chi connectivity index (χ1n) is 7.57. The van der Waals surface area contributed by atoms with E-state index in [0.717, 1.165) is 11.1 Å². The normalized spacial score (nSPS) is 28.5. The van der Waals surface area contributed by atoms with Crippen LogP contribution in [0.25, 0.3) is 0 Å². The molecule has 0 radical (unpaired) electrons. The summed E-state index contributed by atoms with van der Waals surface area (Å²) < 4.78 is 17.1. The minimum atomic E-state index is -0.404. The molecule has 2 atom stereocenters. The summed E-state index contributed by atoms with van der Waals surface area (Å²) in [5.74, 6) is 0.478. The fraction of sp³-hybridized carbons (Fsp3) is 0.333. The zero-order valence-corrected chi connectivity index (χ0v) is 12.6. The van der Waals surface area contributed by atoms with Gasteiger partial charge in [0, 0.05) is 0 Å². The third kappa shape index (κ3) is 2.79. The summed E-state index contributed by atoms with van der Waals surface area (Å²) in [5, 5.41) is 18.7. The standard InChI is InChI=1S/C18H18O5/c19-15-5-1-13(2-6-15)17(11-22-17)9-21-10-18(12-23-18)14-3-7-16(20)8-4-14/h1-8,19-20H,9-12H2. The van der Waals surface area contributed by atoms with Crippen LogP contribution in [0.2, 0.25) is 0 Å². The number of hydrogen-bond acceptors (Lipinski definition) is 5. The summed E-state index contributed by atoms with van der Waals surface area (Å²) in [6.45, 7) is 2.12. The minimum Gasteiger partial charge on any atom is -0.508 e. The molecule has 4 rings (SSSR count). The molecule has 2 heterocycles. The molecule has 120 valence electrons. The van der Waals surface area contributed by atoms with Crippen molar-refractivity contribution in [3.63, 3.8) is 0 Å². The number of phenolic OH excluding ortho intramolecular Hbond substituents is 2. The lowest BCUT2D eigenvalue weighted by Crippen LogP contribution is -2.23. The molecule has 2 aromatic carbocycles. The van der Waals surface area contributed by atoms with Crippen molar-refractivity contribution in [1.29, 1.82) is 0 Å². The summed E-state index contributed by atoms with van der Waals surface area (Å²) in [6.07, 6.45) is 0. The molecule has 23 heavy (non-hydrogen) atoms. The fourth-order valence-corrected chi connectivity index (χ4v) is 2.75. The molecule has 0 bridgehead atoms. The van der Waals surface area contributed by atoms with Crippen molar-refractivity contribution in [2.75, 3.05) is 26.4 Å². The molecule has 2 fully saturated rings. The van der Waals surface area contributed by atoms with Gasteiger partial charge in [0.2, 0.25) is 0 Å². The molecule has 2 saturated heterocycles. The van der Waals surface area contributed by atoms with E-state index in [9.17, 15) is 10.2 Å². The molecular weight excluding hydrogens is 296 g/mol. The smallest absolute Gasteiger partial charge is 0.140 e. The molecule has 2 aliphatic heterocycles. The van der Waals surface area contributed by atoms with E-state index in [1.54, 1.807) is 24.3 Å². The molecule has 2 aromatic rings. The monoisotopic (exact) mass is 314 g/mol. The van der Waals surface area contributed by atoms with Crippen molar-refractivity contribution in [2.24, 2.45) is 0 Å². The van der Waals surface area contributed by atoms with Gasteiger partial charge in [0.1, 0.15) is 22.7 Å². The second-order valence-corrected chi connectivity index (χ2v) is 6.15. The molecule has 2 unspecified atom stereocenters. The Kier molecular flexibility index (Phi) is 3.30. The lowest BCUT2D eigenvalue weighted by molar-refractivity contribution is 0.0403. The van der Waals surface area contributed by atoms with Gasteiger partial charge >= 0.3 is 0 Å². The molecule has 0 saturated carbocycles. The second-order valence-electron chi connectivity index (χ2n) is 6.15. The van der Waals surface area contributed by atoms with Crippen LogP contribution in [0.5, 0.6) is 11.5 Å². The van der Waals surface area contributed by atoms with E-state index in [1.165, 1.54) is 0 Å². The number of epoxide rings is 2. The van der Waals surface area contributed by atoms with Gasteiger partial charge in [-0.25, -0.2) is 0 Å². The Balaban J connectivity index is 1.38. The van der Waals surface area contributed by atoms with Gasteiger partial charge in [-0.15, -0.1) is 0 Å². The highest BCUT2D eigenvalue weighted by Crippen LogP contribution is 2.42. The maximum Gasteiger partial charge on any atom is 0.140 e. The van der Waals surface area contributed by atoms with E-state index in [4.69, 9.17) is 14.2 Å². The third-order valence-electron chi connectivity index (χ3n) is 4.44. The average molecular weight is 314 g/mol. The van der Waals surface area contributed by atoms with Crippen molar-refractivity contribution < 1.29 is 24.4 Å². The zero-order valence-electron chi connectivity index (χ0n) is 12.6. The molecule has 0 aliphatic carbocycles. The first-order valence-corrected chi connectivity index (χ1v) is 7.57. The third-order valence-corrected chi connectivity index (χ3v) is 4.44. The molecule has 0 spiro atoms. The summed E-state index contributed by atoms with van der Waals surface area (Å²) >= 11 is 0. The number of phenols is 2. The van der Waals surface area contributed by atoms with Crippen LogP contribution in [-0.4, -0.2) is 36.6 Å². The molecule has 2 aliphatic rings. The number of aromatic hydroxyl groups is 2. The van der Waals surface area contributed by atoms with Crippen LogP contribution in [-0.2, 0) is 25.4 Å². The Bertz CT molecular complexity index is 623. The summed E-state index contributed by atoms with van der Waals surface area (Å²) in [4.78, 5) is 0. The van der Waals surface area contributed by atoms with Crippen molar-refractivity contribution >= 4 is 0 Å². The number of hydrogen-bond donors (Lipinski definition) is 2. The van der Waals surface area contributed by atoms with Crippen LogP contribution in [0.15, 0.2) is 48.5 Å². The molecule has 0 aromatic heterocycles. The molecule has 2 N–H and O–H groups in total. The van der Waals surface area contributed by atoms with Crippen LogP contribution in [0.4, 0.5) is 0 Å². The number of rotatable bonds is 6. The zero-order chi connectivity index (χ0) is 15.9. The van der Waals surface area contributed by atoms with Gasteiger partial charge in [-0.1, -0.05) is 24.3 Å². The Morgan fingerprint density at radius 2 is 1.09 bits per heavy atom. The van der Waals surface area contributed by atoms with E-state index in [2.05, 4.69) is 0 Å². The largest absolute Gasteiger partial charge is 0.508 e. The lowest BCUT2D eigenvalue weighted by Gasteiger charge is -2.16. The summed E-state index contributed by atoms with van der Waals surface area (Å²) in [5.41, 5.74) is 1.20. The Labute approximate surface area is 134 Å². The van der Waals surface area contributed by atoms with E-state index in [-0.39, 0.29) is 11.5 Å². The number of benzene rings is 2. The van der Waals surface area contributed by atoms with Gasteiger partial charge in [-0.05, 0) is 35.4 Å². The quantitative estimate of drug-likeness (QED) is 0.800. The predicted octanol–water partition coefficient (Wildman–Crippen LogP) is 2.27. The predicted molar refractivity (Wildman–Crippen MR) is 82.3 cm³/mol. The van der Waals surface area contributed by atoms with Crippen molar-refractivity contribution in [2.45, 2.75) is 11.2 Å². The van der Waals surface area contributed by atoms with Gasteiger partial charge in [-0.2, -0.15) is 0 Å². The first-order chi connectivity index (χ1) is 11.1. The van der Waals surface area contributed by atoms with E-state index in [1.807, 2.05) is 24.3 Å². The van der Waals surface area contributed by atoms with Crippen molar-refractivity contribution in [3.05, 3.63) is 59.7 Å². The highest BCUT2D eigenvalue weighted by molar-refractivity contribution is 5.34. The lowest BCUT2D eigenvalue weighted by atomic mass is 9.99. The molecule has 0 amide bonds. The van der Waals surface area contributed by atoms with Gasteiger partial charge < -0.3 is 24.4 Å². The van der Waals surface area contributed by atoms with Crippen LogP contribution in [0.1, 0.15) is 11.1 Å². The van der Waals surface area contributed by atoms with Crippen LogP contribution in [0.3, 0.4) is 0 Å². The second kappa shape index (κ2) is 5.23. The van der Waals surface area contributed by atoms with Crippen LogP contribution < -0.4 is 0 Å². The molecule has 5 nitrogen and oxygen atoms in total. The Hall–Kier alpha value is -2.08. The van der Waals surface area contributed by atoms with E-state index >= 15 is 0 Å². The minimum absolute atomic E-state index is 0.239. The molecular formula is C18H18O5. The van der Waals surface area contributed by atoms with Crippen molar-refractivity contribution in [1.82, 2.24) is 0 Å². The van der Waals surface area contributed by atoms with Crippen LogP contribution >= 0.6 is 0 Å². The van der Waals surface area contributed by atoms with Gasteiger partial charge in [0.05, 0.1) is 26.4 Å². The molecule has 5 heteroatoms. The average Bonchev–Trinajstić information content (AvgIpc) is 3.46. The fourth-order valence-electron chi connectivity index (χ4n) is 2.75. The summed E-state index contributed by atoms with van der Waals surface area (Å²) in [7, 11) is 0. The highest BCUT2D eigenvalue weighted by Gasteiger charge is 2.50. The van der Waals surface area contributed by atoms with Gasteiger partial charge in [-0.3, -0.25) is 0 Å². The SMILES string of the molecule is Oc1ccc(C2(COCC3(c4ccc(O)cc4)CO3)CO2)cc1. The number of ether oxygens (including phenoxy) is 3. The van der Waals surface area contributed by atoms with E-state index in [0.29, 0.717) is 26.4 Å².